The van der Waals surface area contributed by atoms with Crippen LogP contribution >= 0.6 is 22.9 Å². The molecule has 0 aliphatic carbocycles. The molecule has 6 nitrogen and oxygen atoms in total. The maximum atomic E-state index is 13.9. The number of hydrogen-bond acceptors (Lipinski definition) is 5. The molecule has 2 N–H and O–H groups in total. The molecule has 0 bridgehead atoms. The van der Waals surface area contributed by atoms with Crippen molar-refractivity contribution in [2.24, 2.45) is 0 Å². The van der Waals surface area contributed by atoms with Crippen LogP contribution in [0.15, 0.2) is 30.3 Å². The monoisotopic (exact) mass is 493 g/mol. The highest BCUT2D eigenvalue weighted by Crippen LogP contribution is 2.44. The van der Waals surface area contributed by atoms with Gasteiger partial charge in [0.05, 0.1) is 11.6 Å². The second-order valence-electron chi connectivity index (χ2n) is 7.66. The van der Waals surface area contributed by atoms with Crippen molar-refractivity contribution in [1.82, 2.24) is 9.78 Å². The average Bonchev–Trinajstić information content (AvgIpc) is 3.32. The molecule has 4 rings (SSSR count). The molecule has 33 heavy (non-hydrogen) atoms. The Morgan fingerprint density at radius 2 is 2.09 bits per heavy atom. The van der Waals surface area contributed by atoms with Gasteiger partial charge >= 0.3 is 6.18 Å². The molecule has 172 valence electrons. The van der Waals surface area contributed by atoms with Crippen LogP contribution in [0.3, 0.4) is 0 Å². The van der Waals surface area contributed by atoms with Gasteiger partial charge in [-0.15, -0.1) is 11.3 Å². The third-order valence-corrected chi connectivity index (χ3v) is 6.91. The second-order valence-corrected chi connectivity index (χ2v) is 9.32. The number of aryl methyl sites for hydroxylation is 1. The van der Waals surface area contributed by atoms with Crippen LogP contribution in [-0.4, -0.2) is 21.9 Å². The molecule has 1 amide bonds. The summed E-state index contributed by atoms with van der Waals surface area (Å²) < 4.78 is 42.4. The molecule has 1 aliphatic heterocycles. The predicted octanol–water partition coefficient (Wildman–Crippen LogP) is 6.25. The molecule has 0 saturated heterocycles. The van der Waals surface area contributed by atoms with Gasteiger partial charge in [-0.2, -0.15) is 23.5 Å². The molecule has 3 aromatic rings. The molecule has 0 unspecified atom stereocenters. The lowest BCUT2D eigenvalue weighted by Crippen LogP contribution is -2.35. The van der Waals surface area contributed by atoms with Crippen molar-refractivity contribution in [3.63, 3.8) is 0 Å². The SMILES string of the molecule is CCc1c(C)sc(NC(=O)c2cc3n(n2)[C@@H](C(F)(F)F)C[C@@H](c2ccc(Cl)cc2)N3)c1C#N. The van der Waals surface area contributed by atoms with E-state index in [-0.39, 0.29) is 17.9 Å². The van der Waals surface area contributed by atoms with E-state index < -0.39 is 24.2 Å². The number of thiophene rings is 1. The van der Waals surface area contributed by atoms with E-state index in [1.54, 1.807) is 24.3 Å². The van der Waals surface area contributed by atoms with E-state index in [2.05, 4.69) is 21.8 Å². The Kier molecular flexibility index (Phi) is 6.12. The third kappa shape index (κ3) is 4.43. The molecule has 3 heterocycles. The zero-order chi connectivity index (χ0) is 23.9. The Hall–Kier alpha value is -3.03. The van der Waals surface area contributed by atoms with Crippen LogP contribution in [0.4, 0.5) is 24.0 Å². The highest BCUT2D eigenvalue weighted by molar-refractivity contribution is 7.16. The minimum atomic E-state index is -4.56. The Morgan fingerprint density at radius 3 is 2.70 bits per heavy atom. The highest BCUT2D eigenvalue weighted by atomic mass is 35.5. The van der Waals surface area contributed by atoms with Crippen LogP contribution in [0.1, 0.15) is 57.5 Å². The first-order valence-corrected chi connectivity index (χ1v) is 11.3. The van der Waals surface area contributed by atoms with Gasteiger partial charge in [0.2, 0.25) is 0 Å². The van der Waals surface area contributed by atoms with Crippen LogP contribution in [0.2, 0.25) is 5.02 Å². The number of fused-ring (bicyclic) bond motifs is 1. The summed E-state index contributed by atoms with van der Waals surface area (Å²) in [6.45, 7) is 3.76. The number of nitriles is 1. The van der Waals surface area contributed by atoms with Crippen molar-refractivity contribution < 1.29 is 18.0 Å². The largest absolute Gasteiger partial charge is 0.410 e. The first-order chi connectivity index (χ1) is 15.6. The third-order valence-electron chi connectivity index (χ3n) is 5.60. The van der Waals surface area contributed by atoms with E-state index >= 15 is 0 Å². The maximum Gasteiger partial charge on any atom is 0.410 e. The second kappa shape index (κ2) is 8.72. The van der Waals surface area contributed by atoms with Crippen LogP contribution in [0, 0.1) is 18.3 Å². The summed E-state index contributed by atoms with van der Waals surface area (Å²) in [6, 6.07) is 7.43. The van der Waals surface area contributed by atoms with E-state index in [0.29, 0.717) is 27.6 Å². The van der Waals surface area contributed by atoms with Crippen molar-refractivity contribution in [3.8, 4) is 6.07 Å². The fraction of sp³-hybridized carbons (Fsp3) is 0.318. The van der Waals surface area contributed by atoms with Gasteiger partial charge in [-0.05, 0) is 36.6 Å². The van der Waals surface area contributed by atoms with Crippen LogP contribution < -0.4 is 10.6 Å². The van der Waals surface area contributed by atoms with Crippen molar-refractivity contribution in [3.05, 3.63) is 62.6 Å². The molecular formula is C22H19ClF3N5OS. The molecule has 2 atom stereocenters. The Labute approximate surface area is 197 Å². The number of rotatable bonds is 4. The normalized spacial score (nSPS) is 17.7. The Balaban J connectivity index is 1.66. The summed E-state index contributed by atoms with van der Waals surface area (Å²) in [4.78, 5) is 13.7. The molecule has 2 aromatic heterocycles. The van der Waals surface area contributed by atoms with Gasteiger partial charge in [-0.1, -0.05) is 30.7 Å². The number of anilines is 2. The van der Waals surface area contributed by atoms with E-state index in [4.69, 9.17) is 11.6 Å². The maximum absolute atomic E-state index is 13.9. The van der Waals surface area contributed by atoms with Gasteiger partial charge in [-0.25, -0.2) is 4.68 Å². The number of aromatic nitrogens is 2. The number of alkyl halides is 3. The smallest absolute Gasteiger partial charge is 0.363 e. The lowest BCUT2D eigenvalue weighted by molar-refractivity contribution is -0.173. The van der Waals surface area contributed by atoms with Crippen molar-refractivity contribution >= 4 is 39.7 Å². The lowest BCUT2D eigenvalue weighted by Gasteiger charge is -2.33. The first kappa shape index (κ1) is 23.1. The molecule has 0 spiro atoms. The topological polar surface area (TPSA) is 82.7 Å². The number of amides is 1. The van der Waals surface area contributed by atoms with E-state index in [9.17, 15) is 23.2 Å². The van der Waals surface area contributed by atoms with Gasteiger partial charge in [0.15, 0.2) is 11.7 Å². The molecule has 11 heteroatoms. The molecule has 1 aliphatic rings. The number of carbonyl (C=O) groups is 1. The van der Waals surface area contributed by atoms with E-state index in [1.807, 2.05) is 13.8 Å². The Bertz CT molecular complexity index is 1240. The number of nitrogens with one attached hydrogen (secondary N) is 2. The van der Waals surface area contributed by atoms with Gasteiger partial charge in [0.1, 0.15) is 16.9 Å². The van der Waals surface area contributed by atoms with Crippen molar-refractivity contribution in [2.75, 3.05) is 10.6 Å². The van der Waals surface area contributed by atoms with Gasteiger partial charge in [0, 0.05) is 22.4 Å². The predicted molar refractivity (Wildman–Crippen MR) is 121 cm³/mol. The first-order valence-electron chi connectivity index (χ1n) is 10.1. The molecular weight excluding hydrogens is 475 g/mol. The minimum Gasteiger partial charge on any atom is -0.363 e. The number of halogens is 4. The zero-order valence-electron chi connectivity index (χ0n) is 17.6. The summed E-state index contributed by atoms with van der Waals surface area (Å²) in [5, 5.41) is 20.0. The standard InChI is InChI=1S/C22H19ClF3N5OS/c1-3-14-11(2)33-21(15(14)10-27)29-20(32)17-9-19-28-16(12-4-6-13(23)7-5-12)8-18(22(24,25)26)31(19)30-17/h4-7,9,16,18,28H,3,8H2,1-2H3,(H,29,32)/t16-,18+/m0/s1. The van der Waals surface area contributed by atoms with E-state index in [1.165, 1.54) is 17.4 Å². The summed E-state index contributed by atoms with van der Waals surface area (Å²) in [7, 11) is 0. The molecule has 0 saturated carbocycles. The average molecular weight is 494 g/mol. The van der Waals surface area contributed by atoms with Crippen LogP contribution in [0.5, 0.6) is 0 Å². The van der Waals surface area contributed by atoms with Gasteiger partial charge in [0.25, 0.3) is 5.91 Å². The molecule has 0 fully saturated rings. The van der Waals surface area contributed by atoms with Crippen molar-refractivity contribution in [2.45, 2.75) is 44.9 Å². The summed E-state index contributed by atoms with van der Waals surface area (Å²) in [5.74, 6) is -0.589. The lowest BCUT2D eigenvalue weighted by atomic mass is 9.97. The minimum absolute atomic E-state index is 0.0887. The summed E-state index contributed by atoms with van der Waals surface area (Å²) in [5.41, 5.74) is 1.68. The number of nitrogens with zero attached hydrogens (tertiary/aromatic N) is 3. The highest BCUT2D eigenvalue weighted by Gasteiger charge is 2.46. The van der Waals surface area contributed by atoms with Gasteiger partial charge in [-0.3, -0.25) is 4.79 Å². The number of carbonyl (C=O) groups excluding carboxylic acids is 1. The van der Waals surface area contributed by atoms with Crippen LogP contribution in [-0.2, 0) is 6.42 Å². The van der Waals surface area contributed by atoms with E-state index in [0.717, 1.165) is 15.1 Å². The molecule has 1 aromatic carbocycles. The number of benzene rings is 1. The zero-order valence-corrected chi connectivity index (χ0v) is 19.2. The summed E-state index contributed by atoms with van der Waals surface area (Å²) in [6.07, 6.45) is -4.22. The van der Waals surface area contributed by atoms with Crippen LogP contribution in [0.25, 0.3) is 0 Å². The fourth-order valence-corrected chi connectivity index (χ4v) is 5.19. The molecule has 0 radical (unpaired) electrons. The summed E-state index contributed by atoms with van der Waals surface area (Å²) >= 11 is 7.16. The van der Waals surface area contributed by atoms with Crippen molar-refractivity contribution in [1.29, 1.82) is 5.26 Å². The van der Waals surface area contributed by atoms with Gasteiger partial charge < -0.3 is 10.6 Å². The number of hydrogen-bond donors (Lipinski definition) is 2. The Morgan fingerprint density at radius 1 is 1.39 bits per heavy atom. The fourth-order valence-electron chi connectivity index (χ4n) is 3.98. The quantitative estimate of drug-likeness (QED) is 0.450.